The van der Waals surface area contributed by atoms with Crippen LogP contribution in [-0.2, 0) is 11.2 Å². The smallest absolute Gasteiger partial charge is 0.265 e. The molecule has 98 valence electrons. The average molecular weight is 249 g/mol. The van der Waals surface area contributed by atoms with Gasteiger partial charge in [0.2, 0.25) is 0 Å². The van der Waals surface area contributed by atoms with E-state index in [0.29, 0.717) is 25.3 Å². The summed E-state index contributed by atoms with van der Waals surface area (Å²) in [6.45, 7) is 3.37. The summed E-state index contributed by atoms with van der Waals surface area (Å²) in [5.74, 6) is -0.0734. The Morgan fingerprint density at radius 3 is 2.89 bits per heavy atom. The standard InChI is InChI=1S/C13H19N3O2/c14-5-4-11-2-1-3-12(10-11)13(17)15-16-6-8-18-9-7-16/h1-3,10H,4-9,14H2,(H,15,17). The molecule has 1 aliphatic heterocycles. The topological polar surface area (TPSA) is 67.6 Å². The predicted molar refractivity (Wildman–Crippen MR) is 69.1 cm³/mol. The highest BCUT2D eigenvalue weighted by Crippen LogP contribution is 2.06. The summed E-state index contributed by atoms with van der Waals surface area (Å²) < 4.78 is 5.23. The van der Waals surface area contributed by atoms with Gasteiger partial charge in [-0.2, -0.15) is 0 Å². The van der Waals surface area contributed by atoms with E-state index in [1.165, 1.54) is 0 Å². The molecule has 5 nitrogen and oxygen atoms in total. The molecule has 18 heavy (non-hydrogen) atoms. The number of carbonyl (C=O) groups excluding carboxylic acids is 1. The number of nitrogens with one attached hydrogen (secondary N) is 1. The molecule has 3 N–H and O–H groups in total. The lowest BCUT2D eigenvalue weighted by Crippen LogP contribution is -2.48. The summed E-state index contributed by atoms with van der Waals surface area (Å²) >= 11 is 0. The lowest BCUT2D eigenvalue weighted by molar-refractivity contribution is 0.0126. The van der Waals surface area contributed by atoms with E-state index in [1.54, 1.807) is 0 Å². The SMILES string of the molecule is NCCc1cccc(C(=O)NN2CCOCC2)c1. The molecule has 5 heteroatoms. The molecule has 0 spiro atoms. The average Bonchev–Trinajstić information content (AvgIpc) is 2.40. The number of carbonyl (C=O) groups is 1. The fourth-order valence-corrected chi connectivity index (χ4v) is 1.92. The molecular weight excluding hydrogens is 230 g/mol. The molecular formula is C13H19N3O2. The monoisotopic (exact) mass is 249 g/mol. The Morgan fingerprint density at radius 2 is 2.17 bits per heavy atom. The van der Waals surface area contributed by atoms with E-state index in [2.05, 4.69) is 5.43 Å². The van der Waals surface area contributed by atoms with E-state index in [-0.39, 0.29) is 5.91 Å². The molecule has 1 saturated heterocycles. The second kappa shape index (κ2) is 6.49. The minimum absolute atomic E-state index is 0.0734. The molecule has 0 saturated carbocycles. The molecule has 1 aliphatic rings. The van der Waals surface area contributed by atoms with E-state index in [0.717, 1.165) is 25.1 Å². The van der Waals surface area contributed by atoms with Crippen molar-refractivity contribution < 1.29 is 9.53 Å². The highest BCUT2D eigenvalue weighted by Gasteiger charge is 2.14. The molecule has 0 radical (unpaired) electrons. The van der Waals surface area contributed by atoms with Gasteiger partial charge in [0.1, 0.15) is 0 Å². The van der Waals surface area contributed by atoms with E-state index in [4.69, 9.17) is 10.5 Å². The number of hydrazine groups is 1. The second-order valence-electron chi connectivity index (χ2n) is 4.28. The van der Waals surface area contributed by atoms with Crippen LogP contribution in [0.15, 0.2) is 24.3 Å². The number of morpholine rings is 1. The summed E-state index contributed by atoms with van der Waals surface area (Å²) in [5.41, 5.74) is 10.2. The van der Waals surface area contributed by atoms with Gasteiger partial charge in [0, 0.05) is 18.7 Å². The first-order valence-electron chi connectivity index (χ1n) is 6.22. The predicted octanol–water partition coefficient (Wildman–Crippen LogP) is 0.165. The van der Waals surface area contributed by atoms with E-state index in [1.807, 2.05) is 29.3 Å². The van der Waals surface area contributed by atoms with Gasteiger partial charge in [-0.1, -0.05) is 12.1 Å². The van der Waals surface area contributed by atoms with Gasteiger partial charge in [0.15, 0.2) is 0 Å². The largest absolute Gasteiger partial charge is 0.379 e. The van der Waals surface area contributed by atoms with Crippen LogP contribution in [0.2, 0.25) is 0 Å². The Labute approximate surface area is 107 Å². The molecule has 1 aromatic rings. The lowest BCUT2D eigenvalue weighted by Gasteiger charge is -2.26. The molecule has 1 amide bonds. The van der Waals surface area contributed by atoms with Crippen LogP contribution < -0.4 is 11.2 Å². The zero-order valence-electron chi connectivity index (χ0n) is 10.4. The van der Waals surface area contributed by atoms with Crippen LogP contribution in [0.1, 0.15) is 15.9 Å². The van der Waals surface area contributed by atoms with Crippen molar-refractivity contribution in [1.29, 1.82) is 0 Å². The number of nitrogens with two attached hydrogens (primary N) is 1. The molecule has 0 aliphatic carbocycles. The fourth-order valence-electron chi connectivity index (χ4n) is 1.92. The van der Waals surface area contributed by atoms with E-state index >= 15 is 0 Å². The van der Waals surface area contributed by atoms with Gasteiger partial charge in [-0.05, 0) is 30.7 Å². The van der Waals surface area contributed by atoms with Crippen molar-refractivity contribution in [2.45, 2.75) is 6.42 Å². The third-order valence-electron chi connectivity index (χ3n) is 2.89. The van der Waals surface area contributed by atoms with Crippen molar-refractivity contribution in [2.24, 2.45) is 5.73 Å². The number of nitrogens with zero attached hydrogens (tertiary/aromatic N) is 1. The Morgan fingerprint density at radius 1 is 1.39 bits per heavy atom. The van der Waals surface area contributed by atoms with Crippen LogP contribution in [0.4, 0.5) is 0 Å². The number of hydrogen-bond acceptors (Lipinski definition) is 4. The van der Waals surface area contributed by atoms with Gasteiger partial charge in [0.25, 0.3) is 5.91 Å². The Kier molecular flexibility index (Phi) is 4.69. The highest BCUT2D eigenvalue weighted by molar-refractivity contribution is 5.94. The normalized spacial score (nSPS) is 16.5. The van der Waals surface area contributed by atoms with Gasteiger partial charge < -0.3 is 10.5 Å². The Hall–Kier alpha value is -1.43. The fraction of sp³-hybridized carbons (Fsp3) is 0.462. The van der Waals surface area contributed by atoms with Crippen molar-refractivity contribution in [3.63, 3.8) is 0 Å². The zero-order valence-corrected chi connectivity index (χ0v) is 10.4. The zero-order chi connectivity index (χ0) is 12.8. The second-order valence-corrected chi connectivity index (χ2v) is 4.28. The molecule has 0 unspecified atom stereocenters. The molecule has 0 bridgehead atoms. The number of benzene rings is 1. The first-order valence-corrected chi connectivity index (χ1v) is 6.22. The summed E-state index contributed by atoms with van der Waals surface area (Å²) in [6, 6.07) is 7.58. The van der Waals surface area contributed by atoms with Crippen LogP contribution in [0.25, 0.3) is 0 Å². The maximum atomic E-state index is 12.0. The van der Waals surface area contributed by atoms with Crippen LogP contribution in [0, 0.1) is 0 Å². The van der Waals surface area contributed by atoms with Gasteiger partial charge in [0.05, 0.1) is 13.2 Å². The van der Waals surface area contributed by atoms with Crippen molar-refractivity contribution in [2.75, 3.05) is 32.8 Å². The number of hydrogen-bond donors (Lipinski definition) is 2. The van der Waals surface area contributed by atoms with Crippen LogP contribution in [0.3, 0.4) is 0 Å². The summed E-state index contributed by atoms with van der Waals surface area (Å²) in [6.07, 6.45) is 0.790. The molecule has 1 aromatic carbocycles. The highest BCUT2D eigenvalue weighted by atomic mass is 16.5. The number of ether oxygens (including phenoxy) is 1. The van der Waals surface area contributed by atoms with Gasteiger partial charge in [-0.15, -0.1) is 0 Å². The first kappa shape index (κ1) is 13.0. The van der Waals surface area contributed by atoms with E-state index in [9.17, 15) is 4.79 Å². The van der Waals surface area contributed by atoms with Crippen molar-refractivity contribution in [3.05, 3.63) is 35.4 Å². The Balaban J connectivity index is 1.96. The van der Waals surface area contributed by atoms with Gasteiger partial charge in [-0.3, -0.25) is 10.2 Å². The van der Waals surface area contributed by atoms with Gasteiger partial charge in [-0.25, -0.2) is 5.01 Å². The van der Waals surface area contributed by atoms with Crippen molar-refractivity contribution in [1.82, 2.24) is 10.4 Å². The number of rotatable bonds is 4. The van der Waals surface area contributed by atoms with E-state index < -0.39 is 0 Å². The molecule has 0 aromatic heterocycles. The maximum Gasteiger partial charge on any atom is 0.265 e. The molecule has 2 rings (SSSR count). The minimum atomic E-state index is -0.0734. The van der Waals surface area contributed by atoms with Crippen LogP contribution in [-0.4, -0.2) is 43.8 Å². The Bertz CT molecular complexity index is 403. The summed E-state index contributed by atoms with van der Waals surface area (Å²) in [4.78, 5) is 12.0. The first-order chi connectivity index (χ1) is 8.79. The maximum absolute atomic E-state index is 12.0. The van der Waals surface area contributed by atoms with Crippen molar-refractivity contribution in [3.8, 4) is 0 Å². The van der Waals surface area contributed by atoms with Crippen molar-refractivity contribution >= 4 is 5.91 Å². The van der Waals surface area contributed by atoms with Gasteiger partial charge >= 0.3 is 0 Å². The quantitative estimate of drug-likeness (QED) is 0.798. The molecule has 0 atom stereocenters. The summed E-state index contributed by atoms with van der Waals surface area (Å²) in [5, 5.41) is 1.89. The minimum Gasteiger partial charge on any atom is -0.379 e. The third-order valence-corrected chi connectivity index (χ3v) is 2.89. The molecule has 1 heterocycles. The molecule has 1 fully saturated rings. The summed E-state index contributed by atoms with van der Waals surface area (Å²) in [7, 11) is 0. The number of amides is 1. The van der Waals surface area contributed by atoms with Crippen LogP contribution >= 0.6 is 0 Å². The lowest BCUT2D eigenvalue weighted by atomic mass is 10.1. The van der Waals surface area contributed by atoms with Crippen LogP contribution in [0.5, 0.6) is 0 Å². The third kappa shape index (κ3) is 3.53.